The first-order valence-electron chi connectivity index (χ1n) is 6.16. The summed E-state index contributed by atoms with van der Waals surface area (Å²) in [6.07, 6.45) is 0.667. The summed E-state index contributed by atoms with van der Waals surface area (Å²) in [5, 5.41) is 13.1. The van der Waals surface area contributed by atoms with E-state index in [4.69, 9.17) is 5.11 Å². The van der Waals surface area contributed by atoms with Crippen molar-refractivity contribution in [1.29, 1.82) is 0 Å². The van der Waals surface area contributed by atoms with Gasteiger partial charge in [-0.1, -0.05) is 0 Å². The van der Waals surface area contributed by atoms with E-state index < -0.39 is 10.0 Å². The zero-order valence-corrected chi connectivity index (χ0v) is 13.7. The molecule has 20 heavy (non-hydrogen) atoms. The predicted molar refractivity (Wildman–Crippen MR) is 82.8 cm³/mol. The fraction of sp³-hybridized carbons (Fsp3) is 0.385. The third-order valence-corrected chi connectivity index (χ3v) is 6.90. The molecule has 1 atom stereocenters. The van der Waals surface area contributed by atoms with Gasteiger partial charge in [0.05, 0.1) is 6.61 Å². The fourth-order valence-corrected chi connectivity index (χ4v) is 5.30. The van der Waals surface area contributed by atoms with Crippen molar-refractivity contribution in [2.24, 2.45) is 0 Å². The summed E-state index contributed by atoms with van der Waals surface area (Å²) in [5.74, 6) is 0. The Morgan fingerprint density at radius 3 is 2.75 bits per heavy atom. The Morgan fingerprint density at radius 1 is 1.45 bits per heavy atom. The number of thiophene rings is 2. The van der Waals surface area contributed by atoms with Gasteiger partial charge < -0.3 is 5.11 Å². The quantitative estimate of drug-likeness (QED) is 0.855. The Labute approximate surface area is 127 Å². The third-order valence-electron chi connectivity index (χ3n) is 2.88. The number of rotatable bonds is 6. The summed E-state index contributed by atoms with van der Waals surface area (Å²) in [5.41, 5.74) is 1.94. The van der Waals surface area contributed by atoms with Crippen LogP contribution >= 0.6 is 22.7 Å². The minimum Gasteiger partial charge on any atom is -0.391 e. The van der Waals surface area contributed by atoms with E-state index in [9.17, 15) is 8.42 Å². The zero-order valence-electron chi connectivity index (χ0n) is 11.3. The van der Waals surface area contributed by atoms with Crippen molar-refractivity contribution < 1.29 is 13.5 Å². The highest BCUT2D eigenvalue weighted by molar-refractivity contribution is 7.91. The van der Waals surface area contributed by atoms with Crippen molar-refractivity contribution in [2.45, 2.75) is 37.1 Å². The molecule has 2 rings (SSSR count). The molecule has 0 saturated heterocycles. The summed E-state index contributed by atoms with van der Waals surface area (Å²) >= 11 is 2.72. The maximum Gasteiger partial charge on any atom is 0.250 e. The monoisotopic (exact) mass is 331 g/mol. The van der Waals surface area contributed by atoms with Crippen LogP contribution in [0.1, 0.15) is 22.9 Å². The molecule has 110 valence electrons. The Morgan fingerprint density at radius 2 is 2.20 bits per heavy atom. The van der Waals surface area contributed by atoms with Crippen LogP contribution in [0.3, 0.4) is 0 Å². The van der Waals surface area contributed by atoms with Gasteiger partial charge in [0.15, 0.2) is 0 Å². The largest absolute Gasteiger partial charge is 0.391 e. The highest BCUT2D eigenvalue weighted by Gasteiger charge is 2.21. The number of aliphatic hydroxyl groups is 1. The van der Waals surface area contributed by atoms with Crippen molar-refractivity contribution >= 4 is 32.7 Å². The van der Waals surface area contributed by atoms with Crippen LogP contribution in [-0.2, 0) is 23.1 Å². The number of aliphatic hydroxyl groups excluding tert-OH is 1. The first-order chi connectivity index (χ1) is 9.42. The Balaban J connectivity index is 2.10. The van der Waals surface area contributed by atoms with E-state index in [1.54, 1.807) is 24.3 Å². The average Bonchev–Trinajstić information content (AvgIpc) is 2.97. The van der Waals surface area contributed by atoms with Crippen LogP contribution in [0.4, 0.5) is 0 Å². The minimum atomic E-state index is -3.51. The van der Waals surface area contributed by atoms with Gasteiger partial charge in [0, 0.05) is 10.9 Å². The molecule has 1 unspecified atom stereocenters. The molecular formula is C13H17NO3S3. The van der Waals surface area contributed by atoms with Crippen LogP contribution in [0.15, 0.2) is 27.1 Å². The van der Waals surface area contributed by atoms with Crippen LogP contribution in [0.2, 0.25) is 0 Å². The molecular weight excluding hydrogens is 314 g/mol. The van der Waals surface area contributed by atoms with Gasteiger partial charge in [-0.2, -0.15) is 11.3 Å². The SMILES string of the molecule is Cc1cc(S(=O)(=O)NC(C)Cc2ccsc2)sc1CO. The maximum atomic E-state index is 12.3. The topological polar surface area (TPSA) is 66.4 Å². The molecule has 0 spiro atoms. The predicted octanol–water partition coefficient (Wildman–Crippen LogP) is 2.52. The minimum absolute atomic E-state index is 0.128. The van der Waals surface area contributed by atoms with E-state index in [1.165, 1.54) is 0 Å². The summed E-state index contributed by atoms with van der Waals surface area (Å²) < 4.78 is 27.5. The molecule has 0 aromatic carbocycles. The summed E-state index contributed by atoms with van der Waals surface area (Å²) in [4.78, 5) is 0.691. The molecule has 0 saturated carbocycles. The molecule has 4 nitrogen and oxygen atoms in total. The molecule has 0 radical (unpaired) electrons. The second kappa shape index (κ2) is 6.36. The van der Waals surface area contributed by atoms with Crippen molar-refractivity contribution in [3.05, 3.63) is 38.9 Å². The van der Waals surface area contributed by atoms with Crippen molar-refractivity contribution in [3.8, 4) is 0 Å². The molecule has 0 bridgehead atoms. The number of nitrogens with one attached hydrogen (secondary N) is 1. The lowest BCUT2D eigenvalue weighted by Gasteiger charge is -2.12. The molecule has 0 aliphatic rings. The number of aryl methyl sites for hydroxylation is 1. The van der Waals surface area contributed by atoms with Gasteiger partial charge in [0.2, 0.25) is 10.0 Å². The van der Waals surface area contributed by atoms with E-state index >= 15 is 0 Å². The lowest BCUT2D eigenvalue weighted by atomic mass is 10.1. The number of sulfonamides is 1. The van der Waals surface area contributed by atoms with Gasteiger partial charge in [-0.3, -0.25) is 0 Å². The van der Waals surface area contributed by atoms with E-state index in [0.29, 0.717) is 11.3 Å². The van der Waals surface area contributed by atoms with Gasteiger partial charge >= 0.3 is 0 Å². The fourth-order valence-electron chi connectivity index (χ4n) is 1.91. The van der Waals surface area contributed by atoms with Crippen LogP contribution in [0.25, 0.3) is 0 Å². The van der Waals surface area contributed by atoms with Crippen LogP contribution < -0.4 is 4.72 Å². The van der Waals surface area contributed by atoms with Gasteiger partial charge in [-0.25, -0.2) is 13.1 Å². The molecule has 0 fully saturated rings. The van der Waals surface area contributed by atoms with Gasteiger partial charge in [-0.15, -0.1) is 11.3 Å². The van der Waals surface area contributed by atoms with Crippen molar-refractivity contribution in [1.82, 2.24) is 4.72 Å². The second-order valence-electron chi connectivity index (χ2n) is 4.69. The van der Waals surface area contributed by atoms with Crippen LogP contribution in [0.5, 0.6) is 0 Å². The summed E-state index contributed by atoms with van der Waals surface area (Å²) in [6, 6.07) is 3.43. The lowest BCUT2D eigenvalue weighted by Crippen LogP contribution is -2.33. The maximum absolute atomic E-state index is 12.3. The molecule has 7 heteroatoms. The first-order valence-corrected chi connectivity index (χ1v) is 9.40. The summed E-state index contributed by atoms with van der Waals surface area (Å²) in [6.45, 7) is 3.52. The van der Waals surface area contributed by atoms with Crippen molar-refractivity contribution in [3.63, 3.8) is 0 Å². The van der Waals surface area contributed by atoms with E-state index in [1.807, 2.05) is 23.8 Å². The molecule has 0 aliphatic heterocycles. The normalized spacial score (nSPS) is 13.6. The standard InChI is InChI=1S/C13H17NO3S3/c1-9-5-13(19-12(9)7-15)20(16,17)14-10(2)6-11-3-4-18-8-11/h3-5,8,10,14-15H,6-7H2,1-2H3. The third kappa shape index (κ3) is 3.67. The van der Waals surface area contributed by atoms with Crippen LogP contribution in [-0.4, -0.2) is 19.6 Å². The average molecular weight is 331 g/mol. The smallest absolute Gasteiger partial charge is 0.250 e. The van der Waals surface area contributed by atoms with Gasteiger partial charge in [0.25, 0.3) is 0 Å². The van der Waals surface area contributed by atoms with E-state index in [-0.39, 0.29) is 16.9 Å². The molecule has 2 N–H and O–H groups in total. The molecule has 2 aromatic heterocycles. The van der Waals surface area contributed by atoms with E-state index in [2.05, 4.69) is 4.72 Å². The highest BCUT2D eigenvalue weighted by atomic mass is 32.2. The zero-order chi connectivity index (χ0) is 14.8. The van der Waals surface area contributed by atoms with Crippen LogP contribution in [0, 0.1) is 6.92 Å². The van der Waals surface area contributed by atoms with Gasteiger partial charge in [-0.05, 0) is 54.3 Å². The highest BCUT2D eigenvalue weighted by Crippen LogP contribution is 2.26. The summed E-state index contributed by atoms with van der Waals surface area (Å²) in [7, 11) is -3.51. The molecule has 0 amide bonds. The molecule has 0 aliphatic carbocycles. The molecule has 2 aromatic rings. The van der Waals surface area contributed by atoms with E-state index in [0.717, 1.165) is 22.5 Å². The molecule has 2 heterocycles. The first kappa shape index (κ1) is 15.7. The lowest BCUT2D eigenvalue weighted by molar-refractivity contribution is 0.285. The number of hydrogen-bond acceptors (Lipinski definition) is 5. The van der Waals surface area contributed by atoms with Gasteiger partial charge in [0.1, 0.15) is 4.21 Å². The Hall–Kier alpha value is -0.730. The van der Waals surface area contributed by atoms with Crippen molar-refractivity contribution in [2.75, 3.05) is 0 Å². The number of hydrogen-bond donors (Lipinski definition) is 2. The Bertz CT molecular complexity index is 659. The Kier molecular flexibility index (Phi) is 4.98. The second-order valence-corrected chi connectivity index (χ2v) is 8.55.